The third-order valence-corrected chi connectivity index (χ3v) is 7.64. The fraction of sp³-hybridized carbons (Fsp3) is 0.450. The van der Waals surface area contributed by atoms with Crippen LogP contribution in [-0.4, -0.2) is 86.5 Å². The van der Waals surface area contributed by atoms with Crippen molar-refractivity contribution in [1.29, 1.82) is 0 Å². The molecule has 2 atom stereocenters. The lowest BCUT2D eigenvalue weighted by molar-refractivity contribution is -0.160. The van der Waals surface area contributed by atoms with Crippen molar-refractivity contribution in [3.63, 3.8) is 0 Å². The topological polar surface area (TPSA) is 177 Å². The first-order valence-corrected chi connectivity index (χ1v) is 13.5. The van der Waals surface area contributed by atoms with Gasteiger partial charge in [-0.3, -0.25) is 19.3 Å². The Labute approximate surface area is 218 Å². The van der Waals surface area contributed by atoms with Crippen LogP contribution in [0.25, 0.3) is 0 Å². The van der Waals surface area contributed by atoms with Gasteiger partial charge < -0.3 is 25.3 Å². The van der Waals surface area contributed by atoms with E-state index in [1.807, 2.05) is 0 Å². The molecule has 3 heterocycles. The molecule has 1 saturated heterocycles. The van der Waals surface area contributed by atoms with E-state index in [-0.39, 0.29) is 22.2 Å². The van der Waals surface area contributed by atoms with E-state index in [1.165, 1.54) is 28.9 Å². The summed E-state index contributed by atoms with van der Waals surface area (Å²) in [6.07, 6.45) is 2.14. The van der Waals surface area contributed by atoms with Crippen LogP contribution in [0.4, 0.5) is 5.13 Å². The van der Waals surface area contributed by atoms with E-state index in [0.29, 0.717) is 17.1 Å². The molecule has 0 saturated carbocycles. The Morgan fingerprint density at radius 2 is 2.11 bits per heavy atom. The van der Waals surface area contributed by atoms with Crippen LogP contribution in [0.5, 0.6) is 0 Å². The summed E-state index contributed by atoms with van der Waals surface area (Å²) in [5, 5.41) is 19.2. The van der Waals surface area contributed by atoms with Gasteiger partial charge in [-0.1, -0.05) is 5.16 Å². The van der Waals surface area contributed by atoms with Crippen LogP contribution in [0, 0.1) is 0 Å². The summed E-state index contributed by atoms with van der Waals surface area (Å²) < 4.78 is 5.13. The summed E-state index contributed by atoms with van der Waals surface area (Å²) in [4.78, 5) is 71.1. The molecule has 16 heteroatoms. The Bertz CT molecular complexity index is 1140. The number of carboxylic acid groups (broad SMARTS) is 1. The summed E-state index contributed by atoms with van der Waals surface area (Å²) >= 11 is 3.58. The highest BCUT2D eigenvalue weighted by atomic mass is 32.2. The van der Waals surface area contributed by atoms with Crippen LogP contribution in [-0.2, 0) is 33.5 Å². The zero-order chi connectivity index (χ0) is 26.6. The largest absolute Gasteiger partial charge is 0.477 e. The van der Waals surface area contributed by atoms with Crippen LogP contribution in [0.15, 0.2) is 21.1 Å². The summed E-state index contributed by atoms with van der Waals surface area (Å²) in [7, 11) is 0. The second kappa shape index (κ2) is 11.3. The van der Waals surface area contributed by atoms with Crippen LogP contribution >= 0.6 is 34.9 Å². The lowest BCUT2D eigenvalue weighted by Crippen LogP contribution is -2.71. The molecule has 1 aromatic heterocycles. The van der Waals surface area contributed by atoms with Gasteiger partial charge >= 0.3 is 11.9 Å². The second-order valence-corrected chi connectivity index (χ2v) is 11.1. The predicted molar refractivity (Wildman–Crippen MR) is 133 cm³/mol. The lowest BCUT2D eigenvalue weighted by Gasteiger charge is -2.49. The molecule has 3 rings (SSSR count). The minimum absolute atomic E-state index is 0.0294. The molecule has 3 N–H and O–H groups in total. The molecule has 36 heavy (non-hydrogen) atoms. The van der Waals surface area contributed by atoms with Crippen LogP contribution in [0.2, 0.25) is 0 Å². The number of thioether (sulfide) groups is 2. The van der Waals surface area contributed by atoms with E-state index in [4.69, 9.17) is 9.57 Å². The van der Waals surface area contributed by atoms with E-state index in [1.54, 1.807) is 27.0 Å². The fourth-order valence-corrected chi connectivity index (χ4v) is 6.08. The Morgan fingerprint density at radius 3 is 2.72 bits per heavy atom. The minimum atomic E-state index is -1.22. The number of carbonyl (C=O) groups is 5. The molecular weight excluding hydrogens is 534 g/mol. The maximum Gasteiger partial charge on any atom is 0.353 e. The Balaban J connectivity index is 1.78. The lowest BCUT2D eigenvalue weighted by atomic mass is 10.0. The third kappa shape index (κ3) is 6.17. The number of nitrogens with zero attached hydrogens (tertiary/aromatic N) is 3. The number of esters is 1. The molecule has 0 bridgehead atoms. The number of nitrogens with one attached hydrogen (secondary N) is 2. The number of β-lactam (4-membered cyclic amide) rings is 1. The summed E-state index contributed by atoms with van der Waals surface area (Å²) in [6, 6.07) is -1.01. The summed E-state index contributed by atoms with van der Waals surface area (Å²) in [5.41, 5.74) is -1.16. The second-order valence-electron chi connectivity index (χ2n) is 8.24. The van der Waals surface area contributed by atoms with E-state index >= 15 is 0 Å². The highest BCUT2D eigenvalue weighted by molar-refractivity contribution is 8.05. The van der Waals surface area contributed by atoms with Gasteiger partial charge in [0.05, 0.1) is 0 Å². The first-order chi connectivity index (χ1) is 17.0. The number of carbonyl (C=O) groups excluding carboxylic acids is 4. The molecule has 194 valence electrons. The van der Waals surface area contributed by atoms with E-state index in [9.17, 15) is 29.1 Å². The average molecular weight is 558 g/mol. The van der Waals surface area contributed by atoms with Crippen LogP contribution in [0.1, 0.15) is 26.5 Å². The fourth-order valence-electron chi connectivity index (χ4n) is 3.18. The van der Waals surface area contributed by atoms with Crippen molar-refractivity contribution in [3.8, 4) is 0 Å². The zero-order valence-corrected chi connectivity index (χ0v) is 22.0. The molecule has 0 aliphatic carbocycles. The monoisotopic (exact) mass is 557 g/mol. The highest BCUT2D eigenvalue weighted by Crippen LogP contribution is 2.42. The van der Waals surface area contributed by atoms with Gasteiger partial charge in [0.15, 0.2) is 10.8 Å². The number of ether oxygens (including phenoxy) is 1. The molecule has 2 aliphatic heterocycles. The zero-order valence-electron chi connectivity index (χ0n) is 19.6. The standard InChI is InChI=1S/C20H23N5O8S3/c1-20(2,3)33-11(27)5-32-24-12(9-6-36-19(22-9)21-8-26)15(28)23-13-16(29)25-14(18(30)31)10(34-4)7-35-17(13)25/h6,8,13,17H,5,7H2,1-4H3,(H,23,28)(H,30,31)(H,21,22,26)/t13?,17-/m0/s1. The first-order valence-electron chi connectivity index (χ1n) is 10.3. The van der Waals surface area contributed by atoms with Crippen molar-refractivity contribution < 1.29 is 38.7 Å². The Hall–Kier alpha value is -3.11. The van der Waals surface area contributed by atoms with E-state index in [0.717, 1.165) is 16.2 Å². The number of fused-ring (bicyclic) bond motifs is 1. The average Bonchev–Trinajstić information content (AvgIpc) is 3.26. The summed E-state index contributed by atoms with van der Waals surface area (Å²) in [6.45, 7) is 4.45. The number of thiazole rings is 1. The van der Waals surface area contributed by atoms with Gasteiger partial charge in [-0.2, -0.15) is 0 Å². The van der Waals surface area contributed by atoms with Gasteiger partial charge in [-0.15, -0.1) is 34.9 Å². The molecular formula is C20H23N5O8S3. The molecule has 0 aromatic carbocycles. The predicted octanol–water partition coefficient (Wildman–Crippen LogP) is 0.833. The minimum Gasteiger partial charge on any atom is -0.477 e. The SMILES string of the molecule is CSC1=C(C(=O)O)N2C(=O)C(NC(=O)C(=NOCC(=O)OC(C)(C)C)c3csc(NC=O)n3)[C@@H]2SC1. The molecule has 13 nitrogen and oxygen atoms in total. The van der Waals surface area contributed by atoms with E-state index < -0.39 is 47.4 Å². The normalized spacial score (nSPS) is 19.7. The number of hydrogen-bond acceptors (Lipinski definition) is 12. The van der Waals surface area contributed by atoms with Gasteiger partial charge in [0.2, 0.25) is 13.0 Å². The molecule has 1 unspecified atom stereocenters. The molecule has 3 amide bonds. The van der Waals surface area contributed by atoms with Crippen molar-refractivity contribution in [2.45, 2.75) is 37.8 Å². The van der Waals surface area contributed by atoms with Crippen molar-refractivity contribution in [3.05, 3.63) is 21.7 Å². The van der Waals surface area contributed by atoms with Crippen molar-refractivity contribution in [1.82, 2.24) is 15.2 Å². The Morgan fingerprint density at radius 1 is 1.39 bits per heavy atom. The maximum absolute atomic E-state index is 13.1. The van der Waals surface area contributed by atoms with Crippen LogP contribution in [0.3, 0.4) is 0 Å². The quantitative estimate of drug-likeness (QED) is 0.122. The van der Waals surface area contributed by atoms with Crippen LogP contribution < -0.4 is 10.6 Å². The van der Waals surface area contributed by atoms with E-state index in [2.05, 4.69) is 20.8 Å². The molecule has 0 radical (unpaired) electrons. The number of amides is 3. The number of aliphatic carboxylic acids is 1. The van der Waals surface area contributed by atoms with Gasteiger partial charge in [-0.25, -0.2) is 14.6 Å². The summed E-state index contributed by atoms with van der Waals surface area (Å²) in [5.74, 6) is -2.99. The van der Waals surface area contributed by atoms with Gasteiger partial charge in [0.1, 0.15) is 28.4 Å². The van der Waals surface area contributed by atoms with Crippen molar-refractivity contribution in [2.24, 2.45) is 5.16 Å². The molecule has 1 aromatic rings. The Kier molecular flexibility index (Phi) is 8.63. The molecule has 2 aliphatic rings. The number of carboxylic acids is 1. The highest BCUT2D eigenvalue weighted by Gasteiger charge is 2.54. The first kappa shape index (κ1) is 27.5. The smallest absolute Gasteiger partial charge is 0.353 e. The number of hydrogen-bond donors (Lipinski definition) is 3. The van der Waals surface area contributed by atoms with Crippen molar-refractivity contribution >= 4 is 75.9 Å². The molecule has 1 fully saturated rings. The number of anilines is 1. The number of oxime groups is 1. The number of aromatic nitrogens is 1. The van der Waals surface area contributed by atoms with Crippen molar-refractivity contribution in [2.75, 3.05) is 23.9 Å². The molecule has 0 spiro atoms. The third-order valence-electron chi connectivity index (χ3n) is 4.57. The van der Waals surface area contributed by atoms with Gasteiger partial charge in [0, 0.05) is 16.0 Å². The number of rotatable bonds is 10. The van der Waals surface area contributed by atoms with Gasteiger partial charge in [-0.05, 0) is 27.0 Å². The van der Waals surface area contributed by atoms with Gasteiger partial charge in [0.25, 0.3) is 11.8 Å². The maximum atomic E-state index is 13.1.